The number of hydrogen-bond donors (Lipinski definition) is 0. The highest BCUT2D eigenvalue weighted by molar-refractivity contribution is 6.07. The molecule has 24 rings (SSSR count). The van der Waals surface area contributed by atoms with Gasteiger partial charge in [0.15, 0.2) is 29.1 Å². The molecule has 0 N–H and O–H groups in total. The van der Waals surface area contributed by atoms with Gasteiger partial charge in [-0.25, -0.2) is 49.8 Å². The van der Waals surface area contributed by atoms with Crippen LogP contribution in [-0.2, 0) is 0 Å². The van der Waals surface area contributed by atoms with Gasteiger partial charge < -0.3 is 0 Å². The predicted molar refractivity (Wildman–Crippen MR) is 566 cm³/mol. The number of fused-ring (bicyclic) bond motifs is 9. The zero-order chi connectivity index (χ0) is 93.1. The highest BCUT2D eigenvalue weighted by Crippen LogP contribution is 2.40. The third kappa shape index (κ3) is 17.9. The topological polar surface area (TPSA) is 168 Å². The van der Waals surface area contributed by atoms with Crippen LogP contribution in [0.1, 0.15) is 33.8 Å². The van der Waals surface area contributed by atoms with Crippen LogP contribution in [0.3, 0.4) is 0 Å². The Morgan fingerprint density at radius 3 is 0.609 bits per heavy atom. The predicted octanol–water partition coefficient (Wildman–Crippen LogP) is 31.0. The highest BCUT2D eigenvalue weighted by atomic mass is 15.0. The fraction of sp³-hybridized carbons (Fsp3) is 0.0480. The van der Waals surface area contributed by atoms with Crippen LogP contribution in [0, 0.1) is 41.5 Å². The van der Waals surface area contributed by atoms with Gasteiger partial charge in [0.1, 0.15) is 0 Å². The SMILES string of the molecule is Cc1ccc2ccc3c(C)cc(-c4ccc(-c5nc(-c6ccccc6)nc(-c6ccc(-c7ccccc7)cc6)n5)cc4)nc3c2n1.Cc1ccc2ccc3c(C)cc(-c4cccc(-c5cc(-c6ccc(-c7ccccc7)cc6)nc(-c6ccccc6)n5)c4)nc3c2n1.Cc1ccc2ccc3c(C)cc(-c4cccc(-c5cc(-c6ccccc6)nc(-c6ccc(-c7ccccc7)cc6)n5)c4)nc3c2n1. The zero-order valence-corrected chi connectivity index (χ0v) is 76.8. The summed E-state index contributed by atoms with van der Waals surface area (Å²) in [5.74, 6) is 3.27. The van der Waals surface area contributed by atoms with Gasteiger partial charge in [0.25, 0.3) is 0 Å². The lowest BCUT2D eigenvalue weighted by Gasteiger charge is -2.12. The number of hydrogen-bond acceptors (Lipinski definition) is 13. The van der Waals surface area contributed by atoms with Gasteiger partial charge in [-0.1, -0.05) is 370 Å². The fourth-order valence-electron chi connectivity index (χ4n) is 18.0. The lowest BCUT2D eigenvalue weighted by molar-refractivity contribution is 1.07. The molecule has 0 radical (unpaired) electrons. The Balaban J connectivity index is 0.000000119. The molecule has 9 aromatic heterocycles. The second kappa shape index (κ2) is 37.5. The van der Waals surface area contributed by atoms with E-state index in [4.69, 9.17) is 64.8 Å². The molecule has 654 valence electrons. The first kappa shape index (κ1) is 85.4. The van der Waals surface area contributed by atoms with Crippen molar-refractivity contribution in [3.63, 3.8) is 0 Å². The molecule has 0 atom stereocenters. The van der Waals surface area contributed by atoms with Gasteiger partial charge in [-0.2, -0.15) is 0 Å². The molecule has 0 saturated heterocycles. The summed E-state index contributed by atoms with van der Waals surface area (Å²) in [7, 11) is 0. The lowest BCUT2D eigenvalue weighted by Crippen LogP contribution is -2.00. The van der Waals surface area contributed by atoms with E-state index in [0.717, 1.165) is 200 Å². The Labute approximate surface area is 800 Å². The molecule has 0 aliphatic rings. The Morgan fingerprint density at radius 1 is 0.123 bits per heavy atom. The van der Waals surface area contributed by atoms with Gasteiger partial charge in [-0.05, 0) is 152 Å². The van der Waals surface area contributed by atoms with Crippen molar-refractivity contribution in [2.75, 3.05) is 0 Å². The Morgan fingerprint density at radius 2 is 0.319 bits per heavy atom. The maximum absolute atomic E-state index is 5.18. The third-order valence-electron chi connectivity index (χ3n) is 25.3. The van der Waals surface area contributed by atoms with Gasteiger partial charge in [0.2, 0.25) is 0 Å². The second-order valence-corrected chi connectivity index (χ2v) is 34.8. The monoisotopic (exact) mass is 1770 g/mol. The van der Waals surface area contributed by atoms with Crippen LogP contribution in [0.15, 0.2) is 431 Å². The van der Waals surface area contributed by atoms with Crippen molar-refractivity contribution in [2.24, 2.45) is 0 Å². The summed E-state index contributed by atoms with van der Waals surface area (Å²) >= 11 is 0. The molecule has 0 aliphatic carbocycles. The minimum Gasteiger partial charge on any atom is -0.251 e. The first-order valence-electron chi connectivity index (χ1n) is 46.3. The van der Waals surface area contributed by atoms with Crippen LogP contribution in [-0.4, -0.2) is 64.8 Å². The third-order valence-corrected chi connectivity index (χ3v) is 25.3. The van der Waals surface area contributed by atoms with E-state index in [2.05, 4.69) is 348 Å². The van der Waals surface area contributed by atoms with Gasteiger partial charge in [0.05, 0.1) is 73.0 Å². The van der Waals surface area contributed by atoms with Gasteiger partial charge in [-0.3, -0.25) is 15.0 Å². The fourth-order valence-corrected chi connectivity index (χ4v) is 18.0. The molecule has 0 aliphatic heterocycles. The molecule has 138 heavy (non-hydrogen) atoms. The molecule has 0 amide bonds. The van der Waals surface area contributed by atoms with Crippen LogP contribution in [0.2, 0.25) is 0 Å². The number of benzene rings is 15. The number of pyridine rings is 6. The second-order valence-electron chi connectivity index (χ2n) is 34.8. The van der Waals surface area contributed by atoms with Crippen LogP contribution in [0.4, 0.5) is 0 Å². The molecule has 13 heteroatoms. The molecule has 0 saturated carbocycles. The van der Waals surface area contributed by atoms with Gasteiger partial charge in [-0.15, -0.1) is 0 Å². The molecule has 0 bridgehead atoms. The molecule has 9 heterocycles. The molecule has 0 unspecified atom stereocenters. The maximum Gasteiger partial charge on any atom is 0.164 e. The van der Waals surface area contributed by atoms with Crippen LogP contribution in [0.5, 0.6) is 0 Å². The highest BCUT2D eigenvalue weighted by Gasteiger charge is 2.21. The van der Waals surface area contributed by atoms with Gasteiger partial charge >= 0.3 is 0 Å². The van der Waals surface area contributed by atoms with Crippen LogP contribution in [0.25, 0.3) is 235 Å². The number of nitrogens with zero attached hydrogens (tertiary/aromatic N) is 13. The molecule has 0 spiro atoms. The quantitative estimate of drug-likeness (QED) is 0.0890. The molecular weight excluding hydrogens is 1680 g/mol. The van der Waals surface area contributed by atoms with E-state index in [0.29, 0.717) is 29.1 Å². The standard InChI is InChI=1S/2C42H30N4.C41H29N5/c1-27-24-37(44-41-36(27)23-22-32-17-16-28(2)43-40(32)41)34-14-9-15-35(25-34)39-26-38(45-42(46-39)33-12-7-4-8-13-33)31-20-18-30(19-21-31)29-10-5-3-6-11-29;1-27-24-37(44-41-36(27)23-22-32-17-16-28(2)43-40(32)41)34-14-9-15-35(25-34)39-26-38(31-12-7-4-8-13-31)45-42(46-39)33-20-18-30(19-21-33)29-10-5-3-6-11-29;1-26-25-36(43-38-35(26)24-23-31-14-13-27(2)42-37(31)38)30-17-21-34(22-18-30)41-45-39(32-11-7-4-8-12-32)44-40(46-41)33-19-15-29(16-20-33)28-9-5-3-6-10-28/h2*3-26H,1-2H3;3-25H,1-2H3. The first-order valence-corrected chi connectivity index (χ1v) is 46.3. The summed E-state index contributed by atoms with van der Waals surface area (Å²) in [5, 5.41) is 6.64. The van der Waals surface area contributed by atoms with E-state index < -0.39 is 0 Å². The number of aromatic nitrogens is 13. The summed E-state index contributed by atoms with van der Waals surface area (Å²) in [4.78, 5) is 65.1. The summed E-state index contributed by atoms with van der Waals surface area (Å²) in [5.41, 5.74) is 37.2. The molecule has 24 aromatic rings. The molecule has 13 nitrogen and oxygen atoms in total. The van der Waals surface area contributed by atoms with Crippen molar-refractivity contribution in [2.45, 2.75) is 41.5 Å². The molecule has 15 aromatic carbocycles. The van der Waals surface area contributed by atoms with Crippen molar-refractivity contribution in [1.82, 2.24) is 64.8 Å². The maximum atomic E-state index is 5.18. The zero-order valence-electron chi connectivity index (χ0n) is 76.8. The van der Waals surface area contributed by atoms with Crippen LogP contribution < -0.4 is 0 Å². The Kier molecular flexibility index (Phi) is 23.2. The van der Waals surface area contributed by atoms with E-state index in [1.807, 2.05) is 124 Å². The molecule has 0 fully saturated rings. The normalized spacial score (nSPS) is 11.3. The average molecular weight is 1770 g/mol. The van der Waals surface area contributed by atoms with Crippen molar-refractivity contribution < 1.29 is 0 Å². The van der Waals surface area contributed by atoms with E-state index in [-0.39, 0.29) is 0 Å². The van der Waals surface area contributed by atoms with Crippen molar-refractivity contribution >= 4 is 65.4 Å². The van der Waals surface area contributed by atoms with E-state index in [9.17, 15) is 0 Å². The average Bonchev–Trinajstić information content (AvgIpc) is 0.762. The van der Waals surface area contributed by atoms with E-state index in [1.54, 1.807) is 0 Å². The van der Waals surface area contributed by atoms with E-state index >= 15 is 0 Å². The number of aryl methyl sites for hydroxylation is 6. The lowest BCUT2D eigenvalue weighted by atomic mass is 9.99. The first-order chi connectivity index (χ1) is 67.8. The molecular formula is C125H89N13. The number of rotatable bonds is 15. The Bertz CT molecular complexity index is 8360. The smallest absolute Gasteiger partial charge is 0.164 e. The summed E-state index contributed by atoms with van der Waals surface area (Å²) in [6.07, 6.45) is 0. The van der Waals surface area contributed by atoms with Crippen LogP contribution >= 0.6 is 0 Å². The van der Waals surface area contributed by atoms with E-state index in [1.165, 1.54) is 38.9 Å². The van der Waals surface area contributed by atoms with Crippen molar-refractivity contribution in [3.05, 3.63) is 464 Å². The largest absolute Gasteiger partial charge is 0.251 e. The minimum absolute atomic E-state index is 0.621. The van der Waals surface area contributed by atoms with Gasteiger partial charge in [0, 0.05) is 116 Å². The summed E-state index contributed by atoms with van der Waals surface area (Å²) in [6, 6.07) is 148. The summed E-state index contributed by atoms with van der Waals surface area (Å²) in [6.45, 7) is 12.5. The van der Waals surface area contributed by atoms with Crippen molar-refractivity contribution in [3.8, 4) is 169 Å². The Hall–Kier alpha value is -18.1. The summed E-state index contributed by atoms with van der Waals surface area (Å²) < 4.78 is 0. The van der Waals surface area contributed by atoms with Crippen molar-refractivity contribution in [1.29, 1.82) is 0 Å². The minimum atomic E-state index is 0.621.